The molecule has 0 aromatic heterocycles. The van der Waals surface area contributed by atoms with Crippen molar-refractivity contribution in [3.05, 3.63) is 28.8 Å². The number of ether oxygens (including phenoxy) is 3. The first kappa shape index (κ1) is 16.8. The molecular weight excluding hydrogens is 296 g/mol. The van der Waals surface area contributed by atoms with Crippen molar-refractivity contribution in [2.75, 3.05) is 19.8 Å². The van der Waals surface area contributed by atoms with Gasteiger partial charge in [-0.05, 0) is 37.8 Å². The first-order valence-electron chi connectivity index (χ1n) is 7.52. The Morgan fingerprint density at radius 2 is 1.91 bits per heavy atom. The highest BCUT2D eigenvalue weighted by Crippen LogP contribution is 2.24. The summed E-state index contributed by atoms with van der Waals surface area (Å²) in [6, 6.07) is 7.55. The van der Waals surface area contributed by atoms with Crippen LogP contribution in [0.2, 0.25) is 0 Å². The van der Waals surface area contributed by atoms with Crippen LogP contribution >= 0.6 is 0 Å². The third-order valence-electron chi connectivity index (χ3n) is 3.49. The summed E-state index contributed by atoms with van der Waals surface area (Å²) < 4.78 is 15.4. The fourth-order valence-electron chi connectivity index (χ4n) is 2.08. The molecule has 1 fully saturated rings. The molecule has 23 heavy (non-hydrogen) atoms. The van der Waals surface area contributed by atoms with Gasteiger partial charge in [-0.15, -0.1) is 0 Å². The van der Waals surface area contributed by atoms with Crippen LogP contribution in [0.3, 0.4) is 0 Å². The van der Waals surface area contributed by atoms with Gasteiger partial charge < -0.3 is 14.2 Å². The first-order valence-corrected chi connectivity index (χ1v) is 7.52. The van der Waals surface area contributed by atoms with E-state index in [4.69, 9.17) is 19.5 Å². The van der Waals surface area contributed by atoms with Gasteiger partial charge in [0.15, 0.2) is 6.10 Å². The molecule has 0 radical (unpaired) electrons. The van der Waals surface area contributed by atoms with Crippen molar-refractivity contribution < 1.29 is 19.0 Å². The minimum Gasteiger partial charge on any atom is -0.492 e. The Bertz CT molecular complexity index is 654. The Hall–Kier alpha value is -2.57. The highest BCUT2D eigenvalue weighted by atomic mass is 16.6. The monoisotopic (exact) mass is 314 g/mol. The molecule has 1 saturated heterocycles. The SMILES string of the molecule is Cc1ccc(OCCCCCOC(=O)C2CO2)c(C#N)c1C#N. The van der Waals surface area contributed by atoms with Gasteiger partial charge in [-0.1, -0.05) is 6.07 Å². The minimum atomic E-state index is -0.349. The third kappa shape index (κ3) is 4.70. The third-order valence-corrected chi connectivity index (χ3v) is 3.49. The van der Waals surface area contributed by atoms with Crippen LogP contribution in [0.5, 0.6) is 5.75 Å². The van der Waals surface area contributed by atoms with Gasteiger partial charge in [0.2, 0.25) is 0 Å². The Morgan fingerprint density at radius 3 is 2.57 bits per heavy atom. The van der Waals surface area contributed by atoms with Crippen LogP contribution in [0.1, 0.15) is 36.0 Å². The lowest BCUT2D eigenvalue weighted by atomic mass is 10.0. The van der Waals surface area contributed by atoms with E-state index < -0.39 is 0 Å². The van der Waals surface area contributed by atoms with Gasteiger partial charge in [0.05, 0.1) is 25.4 Å². The summed E-state index contributed by atoms with van der Waals surface area (Å²) in [7, 11) is 0. The van der Waals surface area contributed by atoms with Gasteiger partial charge >= 0.3 is 5.97 Å². The molecule has 1 aromatic carbocycles. The number of hydrogen-bond acceptors (Lipinski definition) is 6. The molecule has 1 aromatic rings. The molecule has 0 saturated carbocycles. The normalized spacial score (nSPS) is 15.3. The summed E-state index contributed by atoms with van der Waals surface area (Å²) in [4.78, 5) is 11.2. The van der Waals surface area contributed by atoms with Crippen LogP contribution in [0, 0.1) is 29.6 Å². The standard InChI is InChI=1S/C17H18N2O4/c1-12-5-6-15(14(10-19)13(12)9-18)21-7-3-2-4-8-22-17(20)16-11-23-16/h5-6,16H,2-4,7-8,11H2,1H3. The van der Waals surface area contributed by atoms with Gasteiger partial charge in [-0.25, -0.2) is 4.79 Å². The second-order valence-corrected chi connectivity index (χ2v) is 5.25. The van der Waals surface area contributed by atoms with Gasteiger partial charge in [0.1, 0.15) is 23.5 Å². The Balaban J connectivity index is 1.69. The number of esters is 1. The van der Waals surface area contributed by atoms with E-state index in [1.807, 2.05) is 12.1 Å². The molecule has 1 unspecified atom stereocenters. The van der Waals surface area contributed by atoms with Crippen molar-refractivity contribution in [3.63, 3.8) is 0 Å². The van der Waals surface area contributed by atoms with Crippen LogP contribution < -0.4 is 4.74 Å². The summed E-state index contributed by atoms with van der Waals surface area (Å²) in [6.07, 6.45) is 2.03. The molecule has 6 nitrogen and oxygen atoms in total. The molecule has 120 valence electrons. The predicted molar refractivity (Wildman–Crippen MR) is 80.7 cm³/mol. The van der Waals surface area contributed by atoms with Crippen LogP contribution in [-0.2, 0) is 14.3 Å². The number of nitriles is 2. The number of benzene rings is 1. The summed E-state index contributed by atoms with van der Waals surface area (Å²) in [6.45, 7) is 3.08. The van der Waals surface area contributed by atoms with Crippen molar-refractivity contribution in [2.45, 2.75) is 32.3 Å². The van der Waals surface area contributed by atoms with E-state index >= 15 is 0 Å². The molecular formula is C17H18N2O4. The number of carbonyl (C=O) groups is 1. The van der Waals surface area contributed by atoms with Crippen molar-refractivity contribution in [2.24, 2.45) is 0 Å². The van der Waals surface area contributed by atoms with E-state index in [1.165, 1.54) is 0 Å². The topological polar surface area (TPSA) is 95.6 Å². The van der Waals surface area contributed by atoms with E-state index in [2.05, 4.69) is 0 Å². The van der Waals surface area contributed by atoms with E-state index in [9.17, 15) is 10.1 Å². The lowest BCUT2D eigenvalue weighted by Crippen LogP contribution is -2.12. The van der Waals surface area contributed by atoms with Gasteiger partial charge in [-0.3, -0.25) is 0 Å². The highest BCUT2D eigenvalue weighted by Gasteiger charge is 2.32. The summed E-state index contributed by atoms with van der Waals surface area (Å²) in [5.41, 5.74) is 1.41. The number of epoxide rings is 1. The van der Waals surface area contributed by atoms with Crippen LogP contribution in [0.4, 0.5) is 0 Å². The molecule has 0 spiro atoms. The maximum atomic E-state index is 11.2. The average Bonchev–Trinajstić information content (AvgIpc) is 3.39. The zero-order valence-corrected chi connectivity index (χ0v) is 13.0. The highest BCUT2D eigenvalue weighted by molar-refractivity contribution is 5.76. The van der Waals surface area contributed by atoms with E-state index in [-0.39, 0.29) is 17.6 Å². The Labute approximate surface area is 135 Å². The number of unbranched alkanes of at least 4 members (excludes halogenated alkanes) is 2. The van der Waals surface area contributed by atoms with Gasteiger partial charge in [0, 0.05) is 0 Å². The smallest absolute Gasteiger partial charge is 0.337 e. The molecule has 0 aliphatic carbocycles. The quantitative estimate of drug-likeness (QED) is 0.415. The number of aryl methyl sites for hydroxylation is 1. The van der Waals surface area contributed by atoms with Crippen LogP contribution in [0.25, 0.3) is 0 Å². The molecule has 1 aliphatic heterocycles. The molecule has 1 aliphatic rings. The lowest BCUT2D eigenvalue weighted by Gasteiger charge is -2.10. The fourth-order valence-corrected chi connectivity index (χ4v) is 2.08. The summed E-state index contributed by atoms with van der Waals surface area (Å²) in [5.74, 6) is 0.149. The average molecular weight is 314 g/mol. The maximum Gasteiger partial charge on any atom is 0.337 e. The molecule has 2 rings (SSSR count). The van der Waals surface area contributed by atoms with E-state index in [1.54, 1.807) is 19.1 Å². The van der Waals surface area contributed by atoms with Crippen molar-refractivity contribution in [1.29, 1.82) is 10.5 Å². The molecule has 1 atom stereocenters. The summed E-state index contributed by atoms with van der Waals surface area (Å²) >= 11 is 0. The first-order chi connectivity index (χ1) is 11.2. The van der Waals surface area contributed by atoms with Crippen molar-refractivity contribution >= 4 is 5.97 Å². The van der Waals surface area contributed by atoms with Crippen LogP contribution in [-0.4, -0.2) is 31.9 Å². The van der Waals surface area contributed by atoms with Gasteiger partial charge in [-0.2, -0.15) is 10.5 Å². The van der Waals surface area contributed by atoms with Crippen molar-refractivity contribution in [3.8, 4) is 17.9 Å². The molecule has 0 bridgehead atoms. The maximum absolute atomic E-state index is 11.2. The fraction of sp³-hybridized carbons (Fsp3) is 0.471. The predicted octanol–water partition coefficient (Wildman–Crippen LogP) is 2.23. The summed E-state index contributed by atoms with van der Waals surface area (Å²) in [5, 5.41) is 18.3. The molecule has 0 amide bonds. The molecule has 1 heterocycles. The zero-order chi connectivity index (χ0) is 16.7. The number of rotatable bonds is 8. The largest absolute Gasteiger partial charge is 0.492 e. The van der Waals surface area contributed by atoms with Crippen LogP contribution in [0.15, 0.2) is 12.1 Å². The van der Waals surface area contributed by atoms with E-state index in [0.717, 1.165) is 24.8 Å². The van der Waals surface area contributed by atoms with Crippen molar-refractivity contribution in [1.82, 2.24) is 0 Å². The molecule has 0 N–H and O–H groups in total. The molecule has 6 heteroatoms. The van der Waals surface area contributed by atoms with E-state index in [0.29, 0.717) is 31.1 Å². The van der Waals surface area contributed by atoms with Gasteiger partial charge in [0.25, 0.3) is 0 Å². The Kier molecular flexibility index (Phi) is 5.96. The lowest BCUT2D eigenvalue weighted by molar-refractivity contribution is -0.145. The second-order valence-electron chi connectivity index (χ2n) is 5.25. The number of hydrogen-bond donors (Lipinski definition) is 0. The Morgan fingerprint density at radius 1 is 1.22 bits per heavy atom. The minimum absolute atomic E-state index is 0.283. The second kappa shape index (κ2) is 8.17. The zero-order valence-electron chi connectivity index (χ0n) is 13.0. The number of carbonyl (C=O) groups excluding carboxylic acids is 1. The number of nitrogens with zero attached hydrogens (tertiary/aromatic N) is 2.